The molecule has 2 aliphatic rings. The van der Waals surface area contributed by atoms with Crippen LogP contribution in [0.4, 0.5) is 0 Å². The van der Waals surface area contributed by atoms with Crippen molar-refractivity contribution in [3.05, 3.63) is 186 Å². The van der Waals surface area contributed by atoms with Crippen molar-refractivity contribution in [2.45, 2.75) is 5.41 Å². The summed E-state index contributed by atoms with van der Waals surface area (Å²) in [6.45, 7) is 0. The maximum absolute atomic E-state index is 6.63. The van der Waals surface area contributed by atoms with Gasteiger partial charge in [-0.1, -0.05) is 133 Å². The van der Waals surface area contributed by atoms with Crippen LogP contribution in [-0.2, 0) is 5.41 Å². The fourth-order valence-electron chi connectivity index (χ4n) is 8.10. The smallest absolute Gasteiger partial charge is 0.132 e. The fraction of sp³-hybridized carbons (Fsp3) is 0.0233. The minimum absolute atomic E-state index is 0.549. The van der Waals surface area contributed by atoms with E-state index in [-0.39, 0.29) is 0 Å². The number of rotatable bonds is 2. The van der Waals surface area contributed by atoms with E-state index in [1.165, 1.54) is 66.3 Å². The van der Waals surface area contributed by atoms with Crippen molar-refractivity contribution in [3.8, 4) is 39.4 Å². The molecule has 2 heteroatoms. The van der Waals surface area contributed by atoms with Gasteiger partial charge in [0.05, 0.1) is 16.4 Å². The Bertz CT molecular complexity index is 2400. The van der Waals surface area contributed by atoms with E-state index in [1.807, 2.05) is 0 Å². The van der Waals surface area contributed by atoms with Crippen LogP contribution in [0.1, 0.15) is 22.3 Å². The average molecular weight is 574 g/mol. The van der Waals surface area contributed by atoms with Crippen molar-refractivity contribution in [2.24, 2.45) is 0 Å². The van der Waals surface area contributed by atoms with Crippen molar-refractivity contribution in [1.82, 2.24) is 4.57 Å². The Kier molecular flexibility index (Phi) is 4.95. The Balaban J connectivity index is 1.38. The van der Waals surface area contributed by atoms with Gasteiger partial charge in [0.25, 0.3) is 0 Å². The van der Waals surface area contributed by atoms with E-state index >= 15 is 0 Å². The van der Waals surface area contributed by atoms with Crippen LogP contribution in [-0.4, -0.2) is 4.57 Å². The van der Waals surface area contributed by atoms with Gasteiger partial charge in [0.1, 0.15) is 11.5 Å². The van der Waals surface area contributed by atoms with E-state index in [9.17, 15) is 0 Å². The molecule has 1 spiro atoms. The van der Waals surface area contributed by atoms with Gasteiger partial charge >= 0.3 is 0 Å². The minimum Gasteiger partial charge on any atom is -0.457 e. The van der Waals surface area contributed by atoms with Crippen LogP contribution >= 0.6 is 0 Å². The Hall–Kier alpha value is -5.86. The summed E-state index contributed by atoms with van der Waals surface area (Å²) in [5, 5.41) is 2.51. The number of aromatic nitrogens is 1. The molecule has 2 heterocycles. The zero-order valence-corrected chi connectivity index (χ0v) is 24.4. The molecule has 0 atom stereocenters. The zero-order valence-electron chi connectivity index (χ0n) is 24.4. The van der Waals surface area contributed by atoms with E-state index < -0.39 is 5.41 Å². The first-order chi connectivity index (χ1) is 22.3. The first-order valence-electron chi connectivity index (χ1n) is 15.5. The van der Waals surface area contributed by atoms with Crippen LogP contribution in [0.3, 0.4) is 0 Å². The molecule has 8 aromatic rings. The molecule has 10 rings (SSSR count). The predicted molar refractivity (Wildman–Crippen MR) is 184 cm³/mol. The maximum atomic E-state index is 6.63. The minimum atomic E-state index is -0.549. The van der Waals surface area contributed by atoms with E-state index in [0.717, 1.165) is 17.2 Å². The van der Waals surface area contributed by atoms with Crippen LogP contribution in [0.2, 0.25) is 0 Å². The van der Waals surface area contributed by atoms with Crippen molar-refractivity contribution < 1.29 is 4.74 Å². The van der Waals surface area contributed by atoms with Gasteiger partial charge in [0.15, 0.2) is 0 Å². The Morgan fingerprint density at radius 1 is 0.422 bits per heavy atom. The number of hydrogen-bond acceptors (Lipinski definition) is 1. The van der Waals surface area contributed by atoms with Gasteiger partial charge in [0.2, 0.25) is 0 Å². The van der Waals surface area contributed by atoms with Crippen molar-refractivity contribution in [1.29, 1.82) is 0 Å². The molecular weight excluding hydrogens is 546 g/mol. The highest BCUT2D eigenvalue weighted by Gasteiger charge is 2.52. The summed E-state index contributed by atoms with van der Waals surface area (Å²) in [5.74, 6) is 1.82. The van der Waals surface area contributed by atoms with Crippen LogP contribution in [0.5, 0.6) is 11.5 Å². The Morgan fingerprint density at radius 2 is 1.02 bits per heavy atom. The standard InChI is InChI=1S/C43H27NO/c1-2-12-28(13-3-1)29-22-24-30(25-23-29)44-38-19-9-5-15-32(38)34-27-26-33-31-14-4-6-16-35(31)43(41(33)42(34)44)36-17-7-10-20-39(36)45-40-21-11-8-18-37(40)43/h1-27H. The summed E-state index contributed by atoms with van der Waals surface area (Å²) >= 11 is 0. The summed E-state index contributed by atoms with van der Waals surface area (Å²) in [4.78, 5) is 0. The molecular formula is C43H27NO. The molecule has 1 aliphatic heterocycles. The largest absolute Gasteiger partial charge is 0.457 e. The number of nitrogens with zero attached hydrogens (tertiary/aromatic N) is 1. The highest BCUT2D eigenvalue weighted by molar-refractivity contribution is 6.14. The first kappa shape index (κ1) is 24.6. The lowest BCUT2D eigenvalue weighted by Gasteiger charge is -2.39. The monoisotopic (exact) mass is 573 g/mol. The summed E-state index contributed by atoms with van der Waals surface area (Å²) < 4.78 is 9.12. The molecule has 45 heavy (non-hydrogen) atoms. The lowest BCUT2D eigenvalue weighted by molar-refractivity contribution is 0.437. The Morgan fingerprint density at radius 3 is 1.78 bits per heavy atom. The second-order valence-corrected chi connectivity index (χ2v) is 12.0. The third-order valence-electron chi connectivity index (χ3n) is 9.87. The quantitative estimate of drug-likeness (QED) is 0.201. The second kappa shape index (κ2) is 9.07. The van der Waals surface area contributed by atoms with Gasteiger partial charge in [-0.3, -0.25) is 0 Å². The molecule has 0 saturated heterocycles. The molecule has 0 amide bonds. The predicted octanol–water partition coefficient (Wildman–Crippen LogP) is 10.9. The zero-order chi connectivity index (χ0) is 29.5. The lowest BCUT2D eigenvalue weighted by Crippen LogP contribution is -2.32. The molecule has 7 aromatic carbocycles. The molecule has 0 N–H and O–H groups in total. The summed E-state index contributed by atoms with van der Waals surface area (Å²) in [6, 6.07) is 59.3. The SMILES string of the molecule is c1ccc(-c2ccc(-n3c4ccccc4c4ccc5c(c43)C3(c4ccccc4Oc4ccccc43)c3ccccc3-5)cc2)cc1. The maximum Gasteiger partial charge on any atom is 0.132 e. The first-order valence-corrected chi connectivity index (χ1v) is 15.5. The molecule has 0 bridgehead atoms. The molecule has 0 fully saturated rings. The molecule has 0 saturated carbocycles. The van der Waals surface area contributed by atoms with E-state index in [4.69, 9.17) is 4.74 Å². The average Bonchev–Trinajstić information content (AvgIpc) is 3.60. The van der Waals surface area contributed by atoms with E-state index in [0.29, 0.717) is 0 Å². The molecule has 1 aliphatic carbocycles. The number of hydrogen-bond donors (Lipinski definition) is 0. The van der Waals surface area contributed by atoms with Crippen LogP contribution in [0, 0.1) is 0 Å². The van der Waals surface area contributed by atoms with E-state index in [1.54, 1.807) is 0 Å². The van der Waals surface area contributed by atoms with Gasteiger partial charge < -0.3 is 9.30 Å². The lowest BCUT2D eigenvalue weighted by atomic mass is 9.65. The van der Waals surface area contributed by atoms with Gasteiger partial charge in [-0.2, -0.15) is 0 Å². The third-order valence-corrected chi connectivity index (χ3v) is 9.87. The summed E-state index contributed by atoms with van der Waals surface area (Å²) in [7, 11) is 0. The van der Waals surface area contributed by atoms with Gasteiger partial charge in [-0.05, 0) is 58.1 Å². The van der Waals surface area contributed by atoms with Crippen LogP contribution in [0.15, 0.2) is 164 Å². The third kappa shape index (κ3) is 3.18. The highest BCUT2D eigenvalue weighted by Crippen LogP contribution is 2.63. The van der Waals surface area contributed by atoms with Crippen LogP contribution in [0.25, 0.3) is 49.7 Å². The van der Waals surface area contributed by atoms with Crippen molar-refractivity contribution in [2.75, 3.05) is 0 Å². The second-order valence-electron chi connectivity index (χ2n) is 12.0. The molecule has 0 unspecified atom stereocenters. The van der Waals surface area contributed by atoms with E-state index in [2.05, 4.69) is 168 Å². The Labute approximate surface area is 261 Å². The topological polar surface area (TPSA) is 14.2 Å². The van der Waals surface area contributed by atoms with Gasteiger partial charge in [-0.25, -0.2) is 0 Å². The number of fused-ring (bicyclic) bond motifs is 13. The molecule has 210 valence electrons. The molecule has 2 nitrogen and oxygen atoms in total. The van der Waals surface area contributed by atoms with Gasteiger partial charge in [-0.15, -0.1) is 0 Å². The molecule has 1 aromatic heterocycles. The summed E-state index contributed by atoms with van der Waals surface area (Å²) in [5.41, 5.74) is 13.0. The van der Waals surface area contributed by atoms with Crippen molar-refractivity contribution >= 4 is 21.8 Å². The number of para-hydroxylation sites is 3. The number of benzene rings is 7. The number of ether oxygens (including phenoxy) is 1. The van der Waals surface area contributed by atoms with Crippen molar-refractivity contribution in [3.63, 3.8) is 0 Å². The highest BCUT2D eigenvalue weighted by atomic mass is 16.5. The fourth-order valence-corrected chi connectivity index (χ4v) is 8.10. The summed E-state index contributed by atoms with van der Waals surface area (Å²) in [6.07, 6.45) is 0. The molecule has 0 radical (unpaired) electrons. The normalized spacial score (nSPS) is 13.7. The van der Waals surface area contributed by atoms with Gasteiger partial charge in [0, 0.05) is 33.2 Å². The van der Waals surface area contributed by atoms with Crippen LogP contribution < -0.4 is 4.74 Å².